The molecule has 0 saturated heterocycles. The lowest BCUT2D eigenvalue weighted by atomic mass is 10.1. The Kier molecular flexibility index (Phi) is 15.3. The summed E-state index contributed by atoms with van der Waals surface area (Å²) < 4.78 is 0. The lowest BCUT2D eigenvalue weighted by Crippen LogP contribution is -2.53. The van der Waals surface area contributed by atoms with Gasteiger partial charge in [0.1, 0.15) is 12.1 Å². The van der Waals surface area contributed by atoms with Gasteiger partial charge >= 0.3 is 5.97 Å². The molecule has 0 radical (unpaired) electrons. The van der Waals surface area contributed by atoms with Crippen LogP contribution in [-0.4, -0.2) is 78.4 Å². The normalized spacial score (nSPS) is 13.1. The summed E-state index contributed by atoms with van der Waals surface area (Å²) in [6.45, 7) is 0.106. The van der Waals surface area contributed by atoms with Crippen LogP contribution in [0.5, 0.6) is 0 Å². The summed E-state index contributed by atoms with van der Waals surface area (Å²) >= 11 is 0. The van der Waals surface area contributed by atoms with Crippen LogP contribution in [0, 0.1) is 0 Å². The van der Waals surface area contributed by atoms with Gasteiger partial charge in [-0.2, -0.15) is 0 Å². The van der Waals surface area contributed by atoms with E-state index in [1.165, 1.54) is 0 Å². The zero-order valence-corrected chi connectivity index (χ0v) is 19.1. The summed E-state index contributed by atoms with van der Waals surface area (Å²) in [7, 11) is 0. The maximum Gasteiger partial charge on any atom is 0.326 e. The molecule has 0 aliphatic heterocycles. The minimum absolute atomic E-state index is 0.0205. The average molecular weight is 488 g/mol. The number of hydrogen-bond donors (Lipinski definition) is 9. The van der Waals surface area contributed by atoms with E-state index < -0.39 is 54.3 Å². The fourth-order valence-corrected chi connectivity index (χ4v) is 2.77. The molecule has 194 valence electrons. The Morgan fingerprint density at radius 3 is 2.06 bits per heavy atom. The molecule has 0 bridgehead atoms. The third-order valence-electron chi connectivity index (χ3n) is 4.62. The van der Waals surface area contributed by atoms with E-state index >= 15 is 0 Å². The van der Waals surface area contributed by atoms with Crippen LogP contribution in [-0.2, 0) is 24.0 Å². The highest BCUT2D eigenvalue weighted by Crippen LogP contribution is 2.04. The molecule has 0 aromatic carbocycles. The van der Waals surface area contributed by atoms with Crippen molar-refractivity contribution < 1.29 is 29.1 Å². The van der Waals surface area contributed by atoms with E-state index in [4.69, 9.17) is 28.7 Å². The van der Waals surface area contributed by atoms with E-state index in [0.717, 1.165) is 0 Å². The first-order valence-electron chi connectivity index (χ1n) is 10.9. The molecule has 0 aliphatic carbocycles. The Balaban J connectivity index is 4.92. The number of rotatable bonds is 18. The third kappa shape index (κ3) is 14.6. The summed E-state index contributed by atoms with van der Waals surface area (Å²) in [6, 6.07) is -3.28. The van der Waals surface area contributed by atoms with Crippen LogP contribution in [0.25, 0.3) is 0 Å². The fourth-order valence-electron chi connectivity index (χ4n) is 2.77. The molecule has 3 unspecified atom stereocenters. The van der Waals surface area contributed by atoms with Gasteiger partial charge in [0, 0.05) is 13.0 Å². The Labute approximate surface area is 197 Å². The van der Waals surface area contributed by atoms with Gasteiger partial charge in [0.15, 0.2) is 5.96 Å². The van der Waals surface area contributed by atoms with Crippen molar-refractivity contribution in [2.45, 2.75) is 63.1 Å². The maximum absolute atomic E-state index is 12.7. The maximum atomic E-state index is 12.7. The van der Waals surface area contributed by atoms with Gasteiger partial charge in [0.25, 0.3) is 0 Å². The number of nitrogens with one attached hydrogen (secondary N) is 3. The number of nitrogens with two attached hydrogens (primary N) is 5. The minimum atomic E-state index is -1.25. The molecule has 34 heavy (non-hydrogen) atoms. The second kappa shape index (κ2) is 17.1. The van der Waals surface area contributed by atoms with Gasteiger partial charge in [-0.1, -0.05) is 0 Å². The molecule has 0 spiro atoms. The molecule has 14 N–H and O–H groups in total. The van der Waals surface area contributed by atoms with E-state index in [2.05, 4.69) is 20.9 Å². The van der Waals surface area contributed by atoms with Crippen LogP contribution < -0.4 is 44.6 Å². The van der Waals surface area contributed by atoms with Crippen molar-refractivity contribution in [2.75, 3.05) is 19.6 Å². The quantitative estimate of drug-likeness (QED) is 0.0511. The summed E-state index contributed by atoms with van der Waals surface area (Å²) in [5.74, 6) is -4.01. The molecular formula is C19H37N9O6. The average Bonchev–Trinajstić information content (AvgIpc) is 2.76. The highest BCUT2D eigenvalue weighted by Gasteiger charge is 2.26. The van der Waals surface area contributed by atoms with Crippen LogP contribution in [0.15, 0.2) is 4.99 Å². The van der Waals surface area contributed by atoms with E-state index in [1.807, 2.05) is 0 Å². The van der Waals surface area contributed by atoms with Crippen LogP contribution in [0.3, 0.4) is 0 Å². The van der Waals surface area contributed by atoms with Gasteiger partial charge in [0.05, 0.1) is 12.6 Å². The van der Waals surface area contributed by atoms with Crippen LogP contribution >= 0.6 is 0 Å². The molecule has 4 amide bonds. The molecule has 0 fully saturated rings. The standard InChI is InChI=1S/C19H37N9O6/c20-8-2-1-4-12(17(32)28-13(18(33)34)5-3-9-25-19(23)24)27-15(30)10-26-16(31)11(21)6-7-14(22)29/h11-13H,1-10,20-21H2,(H2,22,29)(H,26,31)(H,27,30)(H,28,32)(H,33,34)(H4,23,24,25). The van der Waals surface area contributed by atoms with Crippen molar-refractivity contribution in [3.8, 4) is 0 Å². The third-order valence-corrected chi connectivity index (χ3v) is 4.62. The highest BCUT2D eigenvalue weighted by molar-refractivity contribution is 5.92. The van der Waals surface area contributed by atoms with Gasteiger partial charge < -0.3 is 49.7 Å². The van der Waals surface area contributed by atoms with Crippen molar-refractivity contribution in [1.82, 2.24) is 16.0 Å². The number of carboxylic acids is 1. The molecule has 15 nitrogen and oxygen atoms in total. The first-order valence-corrected chi connectivity index (χ1v) is 10.9. The van der Waals surface area contributed by atoms with Gasteiger partial charge in [-0.3, -0.25) is 24.2 Å². The number of amides is 4. The lowest BCUT2D eigenvalue weighted by molar-refractivity contribution is -0.142. The van der Waals surface area contributed by atoms with Crippen molar-refractivity contribution in [2.24, 2.45) is 33.7 Å². The Bertz CT molecular complexity index is 727. The first kappa shape index (κ1) is 30.5. The summed E-state index contributed by atoms with van der Waals surface area (Å²) in [5, 5.41) is 16.6. The summed E-state index contributed by atoms with van der Waals surface area (Å²) in [6.07, 6.45) is 1.62. The zero-order valence-electron chi connectivity index (χ0n) is 19.1. The number of carbonyl (C=O) groups is 5. The van der Waals surface area contributed by atoms with Crippen molar-refractivity contribution >= 4 is 35.6 Å². The van der Waals surface area contributed by atoms with Crippen LogP contribution in [0.4, 0.5) is 0 Å². The smallest absolute Gasteiger partial charge is 0.326 e. The predicted octanol–water partition coefficient (Wildman–Crippen LogP) is -4.07. The molecule has 15 heteroatoms. The molecule has 0 aromatic rings. The van der Waals surface area contributed by atoms with Crippen LogP contribution in [0.1, 0.15) is 44.9 Å². The van der Waals surface area contributed by atoms with Gasteiger partial charge in [-0.15, -0.1) is 0 Å². The second-order valence-electron chi connectivity index (χ2n) is 7.58. The summed E-state index contributed by atoms with van der Waals surface area (Å²) in [4.78, 5) is 62.9. The lowest BCUT2D eigenvalue weighted by Gasteiger charge is -2.22. The Morgan fingerprint density at radius 2 is 1.50 bits per heavy atom. The molecule has 0 heterocycles. The minimum Gasteiger partial charge on any atom is -0.480 e. The highest BCUT2D eigenvalue weighted by atomic mass is 16.4. The number of unbranched alkanes of at least 4 members (excludes halogenated alkanes) is 1. The number of aliphatic imine (C=N–C) groups is 1. The topological polar surface area (TPSA) is 284 Å². The van der Waals surface area contributed by atoms with Crippen molar-refractivity contribution in [3.05, 3.63) is 0 Å². The fraction of sp³-hybridized carbons (Fsp3) is 0.684. The largest absolute Gasteiger partial charge is 0.480 e. The molecule has 0 aromatic heterocycles. The molecule has 3 atom stereocenters. The van der Waals surface area contributed by atoms with Gasteiger partial charge in [0.2, 0.25) is 23.6 Å². The number of aliphatic carboxylic acids is 1. The zero-order chi connectivity index (χ0) is 26.1. The van der Waals surface area contributed by atoms with Crippen molar-refractivity contribution in [3.63, 3.8) is 0 Å². The molecule has 0 aliphatic rings. The van der Waals surface area contributed by atoms with E-state index in [9.17, 15) is 29.1 Å². The monoisotopic (exact) mass is 487 g/mol. The molecule has 0 rings (SSSR count). The van der Waals surface area contributed by atoms with Crippen LogP contribution in [0.2, 0.25) is 0 Å². The Morgan fingerprint density at radius 1 is 0.853 bits per heavy atom. The predicted molar refractivity (Wildman–Crippen MR) is 124 cm³/mol. The number of hydrogen-bond acceptors (Lipinski definition) is 8. The van der Waals surface area contributed by atoms with E-state index in [-0.39, 0.29) is 38.2 Å². The number of carbonyl (C=O) groups excluding carboxylic acids is 4. The molecular weight excluding hydrogens is 450 g/mol. The van der Waals surface area contributed by atoms with Gasteiger partial charge in [-0.25, -0.2) is 4.79 Å². The number of carboxylic acid groups (broad SMARTS) is 1. The number of guanidine groups is 1. The van der Waals surface area contributed by atoms with Gasteiger partial charge in [-0.05, 0) is 45.1 Å². The van der Waals surface area contributed by atoms with E-state index in [1.54, 1.807) is 0 Å². The van der Waals surface area contributed by atoms with E-state index in [0.29, 0.717) is 25.8 Å². The number of nitrogens with zero attached hydrogens (tertiary/aromatic N) is 1. The first-order chi connectivity index (χ1) is 16.0. The SMILES string of the molecule is NCCCCC(NC(=O)CNC(=O)C(N)CCC(N)=O)C(=O)NC(CCCN=C(N)N)C(=O)O. The Hall–Kier alpha value is -3.46. The van der Waals surface area contributed by atoms with Crippen molar-refractivity contribution in [1.29, 1.82) is 0 Å². The summed E-state index contributed by atoms with van der Waals surface area (Å²) in [5.41, 5.74) is 26.5. The number of primary amides is 1. The molecule has 0 saturated carbocycles. The second-order valence-corrected chi connectivity index (χ2v) is 7.58.